The van der Waals surface area contributed by atoms with Gasteiger partial charge < -0.3 is 0 Å². The molecule has 1 heterocycles. The first kappa shape index (κ1) is 13.0. The zero-order chi connectivity index (χ0) is 13.3. The van der Waals surface area contributed by atoms with Crippen molar-refractivity contribution in [1.82, 2.24) is 4.98 Å². The Kier molecular flexibility index (Phi) is 3.41. The highest BCUT2D eigenvalue weighted by Gasteiger charge is 2.18. The molecule has 18 heavy (non-hydrogen) atoms. The van der Waals surface area contributed by atoms with Gasteiger partial charge in [0.2, 0.25) is 0 Å². The van der Waals surface area contributed by atoms with Gasteiger partial charge >= 0.3 is 0 Å². The second-order valence-corrected chi connectivity index (χ2v) is 6.68. The number of nitrogens with zero attached hydrogens (tertiary/aromatic N) is 1. The van der Waals surface area contributed by atoms with Gasteiger partial charge in [0, 0.05) is 5.38 Å². The van der Waals surface area contributed by atoms with E-state index in [9.17, 15) is 8.42 Å². The van der Waals surface area contributed by atoms with E-state index in [1.165, 1.54) is 11.3 Å². The number of thiazole rings is 1. The molecule has 6 heteroatoms. The third kappa shape index (κ3) is 2.70. The average molecular weight is 282 g/mol. The van der Waals surface area contributed by atoms with E-state index in [1.807, 2.05) is 19.9 Å². The van der Waals surface area contributed by atoms with Crippen molar-refractivity contribution in [2.24, 2.45) is 0 Å². The summed E-state index contributed by atoms with van der Waals surface area (Å²) < 4.78 is 27.0. The first-order chi connectivity index (χ1) is 8.38. The Bertz CT molecular complexity index is 675. The van der Waals surface area contributed by atoms with E-state index in [2.05, 4.69) is 9.71 Å². The second kappa shape index (κ2) is 4.70. The van der Waals surface area contributed by atoms with Crippen LogP contribution in [0.15, 0.2) is 28.5 Å². The molecular formula is C12H14N2O2S2. The number of anilines is 1. The van der Waals surface area contributed by atoms with Gasteiger partial charge in [-0.25, -0.2) is 13.4 Å². The summed E-state index contributed by atoms with van der Waals surface area (Å²) in [6.07, 6.45) is 0. The molecule has 0 amide bonds. The summed E-state index contributed by atoms with van der Waals surface area (Å²) in [5.74, 6) is 0. The van der Waals surface area contributed by atoms with Gasteiger partial charge in [-0.1, -0.05) is 12.1 Å². The van der Waals surface area contributed by atoms with E-state index < -0.39 is 10.0 Å². The highest BCUT2D eigenvalue weighted by molar-refractivity contribution is 7.93. The minimum absolute atomic E-state index is 0.301. The summed E-state index contributed by atoms with van der Waals surface area (Å²) in [5, 5.41) is 2.20. The van der Waals surface area contributed by atoms with Gasteiger partial charge in [0.25, 0.3) is 10.0 Å². The van der Waals surface area contributed by atoms with Crippen molar-refractivity contribution in [1.29, 1.82) is 0 Å². The molecule has 0 spiro atoms. The molecule has 0 unspecified atom stereocenters. The third-order valence-electron chi connectivity index (χ3n) is 2.47. The molecule has 0 aliphatic rings. The molecule has 2 aromatic rings. The third-order valence-corrected chi connectivity index (χ3v) is 4.96. The number of aromatic nitrogens is 1. The normalized spacial score (nSPS) is 11.5. The van der Waals surface area contributed by atoms with Gasteiger partial charge in [0.1, 0.15) is 0 Å². The Labute approximate surface area is 111 Å². The van der Waals surface area contributed by atoms with E-state index in [1.54, 1.807) is 24.4 Å². The van der Waals surface area contributed by atoms with Gasteiger partial charge in [-0.2, -0.15) is 0 Å². The number of nitrogens with one attached hydrogen (secondary N) is 1. The van der Waals surface area contributed by atoms with Crippen molar-refractivity contribution in [3.05, 3.63) is 40.4 Å². The van der Waals surface area contributed by atoms with Gasteiger partial charge in [-0.3, -0.25) is 4.72 Å². The Hall–Kier alpha value is -1.40. The van der Waals surface area contributed by atoms with Crippen molar-refractivity contribution in [3.8, 4) is 0 Å². The van der Waals surface area contributed by atoms with E-state index in [-0.39, 0.29) is 0 Å². The predicted molar refractivity (Wildman–Crippen MR) is 73.6 cm³/mol. The zero-order valence-electron chi connectivity index (χ0n) is 10.4. The summed E-state index contributed by atoms with van der Waals surface area (Å²) >= 11 is 1.28. The summed E-state index contributed by atoms with van der Waals surface area (Å²) in [7, 11) is -3.56. The lowest BCUT2D eigenvalue weighted by Gasteiger charge is -2.08. The van der Waals surface area contributed by atoms with E-state index in [4.69, 9.17) is 0 Å². The van der Waals surface area contributed by atoms with Crippen molar-refractivity contribution in [2.45, 2.75) is 25.7 Å². The SMILES string of the molecule is Cc1ccc(C)c(S(=O)(=O)Nc2nc(C)cs2)c1. The molecule has 96 valence electrons. The van der Waals surface area contributed by atoms with Gasteiger partial charge in [0.05, 0.1) is 10.6 Å². The number of rotatable bonds is 3. The number of benzene rings is 1. The quantitative estimate of drug-likeness (QED) is 0.941. The van der Waals surface area contributed by atoms with Crippen molar-refractivity contribution < 1.29 is 8.42 Å². The molecule has 0 fully saturated rings. The minimum Gasteiger partial charge on any atom is -0.255 e. The molecule has 0 bridgehead atoms. The lowest BCUT2D eigenvalue weighted by Crippen LogP contribution is -2.14. The van der Waals surface area contributed by atoms with Crippen LogP contribution in [-0.2, 0) is 10.0 Å². The molecule has 0 atom stereocenters. The Balaban J connectivity index is 2.39. The van der Waals surface area contributed by atoms with Crippen LogP contribution in [0.1, 0.15) is 16.8 Å². The molecule has 0 aliphatic carbocycles. The molecule has 1 aromatic heterocycles. The molecule has 0 radical (unpaired) electrons. The Morgan fingerprint density at radius 1 is 1.22 bits per heavy atom. The lowest BCUT2D eigenvalue weighted by atomic mass is 10.2. The summed E-state index contributed by atoms with van der Waals surface area (Å²) in [5.41, 5.74) is 2.44. The van der Waals surface area contributed by atoms with Crippen LogP contribution in [0, 0.1) is 20.8 Å². The first-order valence-corrected chi connectivity index (χ1v) is 7.77. The van der Waals surface area contributed by atoms with Crippen LogP contribution in [0.4, 0.5) is 5.13 Å². The minimum atomic E-state index is -3.56. The lowest BCUT2D eigenvalue weighted by molar-refractivity contribution is 0.600. The topological polar surface area (TPSA) is 59.1 Å². The monoisotopic (exact) mass is 282 g/mol. The number of hydrogen-bond acceptors (Lipinski definition) is 4. The van der Waals surface area contributed by atoms with Crippen LogP contribution in [0.2, 0.25) is 0 Å². The molecule has 0 saturated heterocycles. The Morgan fingerprint density at radius 3 is 2.56 bits per heavy atom. The van der Waals surface area contributed by atoms with Crippen LogP contribution in [0.25, 0.3) is 0 Å². The van der Waals surface area contributed by atoms with Crippen molar-refractivity contribution in [3.63, 3.8) is 0 Å². The van der Waals surface area contributed by atoms with E-state index >= 15 is 0 Å². The summed E-state index contributed by atoms with van der Waals surface area (Å²) in [4.78, 5) is 4.40. The fourth-order valence-corrected chi connectivity index (χ4v) is 3.84. The molecule has 2 rings (SSSR count). The molecular weight excluding hydrogens is 268 g/mol. The largest absolute Gasteiger partial charge is 0.263 e. The highest BCUT2D eigenvalue weighted by atomic mass is 32.2. The predicted octanol–water partition coefficient (Wildman–Crippen LogP) is 2.87. The van der Waals surface area contributed by atoms with Crippen LogP contribution in [0.3, 0.4) is 0 Å². The average Bonchev–Trinajstić information content (AvgIpc) is 2.66. The molecule has 0 saturated carbocycles. The molecule has 1 aromatic carbocycles. The van der Waals surface area contributed by atoms with Crippen LogP contribution < -0.4 is 4.72 Å². The smallest absolute Gasteiger partial charge is 0.255 e. The molecule has 4 nitrogen and oxygen atoms in total. The van der Waals surface area contributed by atoms with Crippen LogP contribution in [-0.4, -0.2) is 13.4 Å². The highest BCUT2D eigenvalue weighted by Crippen LogP contribution is 2.22. The van der Waals surface area contributed by atoms with Crippen LogP contribution >= 0.6 is 11.3 Å². The fraction of sp³-hybridized carbons (Fsp3) is 0.250. The Morgan fingerprint density at radius 2 is 1.94 bits per heavy atom. The maximum absolute atomic E-state index is 12.2. The molecule has 1 N–H and O–H groups in total. The van der Waals surface area contributed by atoms with Crippen LogP contribution in [0.5, 0.6) is 0 Å². The van der Waals surface area contributed by atoms with Gasteiger partial charge in [-0.05, 0) is 38.0 Å². The van der Waals surface area contributed by atoms with Crippen molar-refractivity contribution >= 4 is 26.5 Å². The molecule has 0 aliphatic heterocycles. The number of aryl methyl sites for hydroxylation is 3. The van der Waals surface area contributed by atoms with Crippen molar-refractivity contribution in [2.75, 3.05) is 4.72 Å². The standard InChI is InChI=1S/C12H14N2O2S2/c1-8-4-5-9(2)11(6-8)18(15,16)14-12-13-10(3)7-17-12/h4-7H,1-3H3,(H,13,14). The summed E-state index contributed by atoms with van der Waals surface area (Å²) in [6.45, 7) is 5.47. The van der Waals surface area contributed by atoms with Gasteiger partial charge in [0.15, 0.2) is 5.13 Å². The number of sulfonamides is 1. The maximum Gasteiger partial charge on any atom is 0.263 e. The van der Waals surface area contributed by atoms with E-state index in [0.29, 0.717) is 10.0 Å². The first-order valence-electron chi connectivity index (χ1n) is 5.41. The fourth-order valence-electron chi connectivity index (χ4n) is 1.57. The van der Waals surface area contributed by atoms with Gasteiger partial charge in [-0.15, -0.1) is 11.3 Å². The zero-order valence-corrected chi connectivity index (χ0v) is 12.0. The number of hydrogen-bond donors (Lipinski definition) is 1. The second-order valence-electron chi connectivity index (χ2n) is 4.17. The maximum atomic E-state index is 12.2. The van der Waals surface area contributed by atoms with E-state index in [0.717, 1.165) is 16.8 Å². The summed E-state index contributed by atoms with van der Waals surface area (Å²) in [6, 6.07) is 5.36.